The minimum absolute atomic E-state index is 0.0320. The first-order valence-electron chi connectivity index (χ1n) is 13.2. The van der Waals surface area contributed by atoms with Gasteiger partial charge in [0.05, 0.1) is 13.7 Å². The van der Waals surface area contributed by atoms with Gasteiger partial charge >= 0.3 is 24.4 Å². The van der Waals surface area contributed by atoms with E-state index in [1.54, 1.807) is 47.6 Å². The number of benzene rings is 1. The molecule has 0 spiro atoms. The van der Waals surface area contributed by atoms with Gasteiger partial charge in [-0.25, -0.2) is 14.4 Å². The van der Waals surface area contributed by atoms with E-state index in [2.05, 4.69) is 5.32 Å². The van der Waals surface area contributed by atoms with Crippen molar-refractivity contribution in [2.24, 2.45) is 0 Å². The van der Waals surface area contributed by atoms with E-state index in [0.29, 0.717) is 5.56 Å². The van der Waals surface area contributed by atoms with Crippen LogP contribution in [0.4, 0.5) is 14.4 Å². The van der Waals surface area contributed by atoms with Crippen molar-refractivity contribution < 1.29 is 52.3 Å². The van der Waals surface area contributed by atoms with Gasteiger partial charge < -0.3 is 38.5 Å². The lowest BCUT2D eigenvalue weighted by Gasteiger charge is -2.21. The molecule has 0 heterocycles. The first kappa shape index (κ1) is 34.5. The van der Waals surface area contributed by atoms with Crippen LogP contribution in [0.1, 0.15) is 73.3 Å². The van der Waals surface area contributed by atoms with Crippen LogP contribution in [0, 0.1) is 0 Å². The van der Waals surface area contributed by atoms with Crippen LogP contribution in [0.15, 0.2) is 18.2 Å². The van der Waals surface area contributed by atoms with Gasteiger partial charge in [0.15, 0.2) is 11.5 Å². The van der Waals surface area contributed by atoms with E-state index < -0.39 is 41.7 Å². The van der Waals surface area contributed by atoms with Crippen molar-refractivity contribution in [2.45, 2.75) is 91.4 Å². The van der Waals surface area contributed by atoms with E-state index in [4.69, 9.17) is 33.2 Å². The number of unbranched alkanes of at least 4 members (excludes halogenated alkanes) is 2. The Bertz CT molecular complexity index is 979. The third kappa shape index (κ3) is 15.2. The van der Waals surface area contributed by atoms with Crippen LogP contribution in [0.5, 0.6) is 11.5 Å². The van der Waals surface area contributed by atoms with E-state index in [-0.39, 0.29) is 37.7 Å². The number of nitrogens with one attached hydrogen (secondary N) is 1. The van der Waals surface area contributed by atoms with E-state index in [1.807, 2.05) is 6.92 Å². The Balaban J connectivity index is 2.96. The lowest BCUT2D eigenvalue weighted by atomic mass is 10.1. The van der Waals surface area contributed by atoms with E-state index in [1.165, 1.54) is 19.2 Å². The van der Waals surface area contributed by atoms with Gasteiger partial charge in [-0.2, -0.15) is 0 Å². The summed E-state index contributed by atoms with van der Waals surface area (Å²) < 4.78 is 35.9. The second-order valence-corrected chi connectivity index (χ2v) is 10.8. The summed E-state index contributed by atoms with van der Waals surface area (Å²) in [5.41, 5.74) is -1.10. The third-order valence-corrected chi connectivity index (χ3v) is 4.78. The molecule has 0 bridgehead atoms. The lowest BCUT2D eigenvalue weighted by Crippen LogP contribution is -2.41. The second-order valence-electron chi connectivity index (χ2n) is 10.8. The van der Waals surface area contributed by atoms with Crippen LogP contribution in [0.2, 0.25) is 0 Å². The molecule has 1 aromatic rings. The summed E-state index contributed by atoms with van der Waals surface area (Å²) in [5, 5.41) is 2.97. The van der Waals surface area contributed by atoms with Gasteiger partial charge in [0.2, 0.25) is 0 Å². The van der Waals surface area contributed by atoms with Crippen LogP contribution >= 0.6 is 0 Å². The normalized spacial score (nSPS) is 12.1. The third-order valence-electron chi connectivity index (χ3n) is 4.78. The number of ether oxygens (including phenoxy) is 7. The maximum atomic E-state index is 12.4. The first-order chi connectivity index (χ1) is 18.6. The van der Waals surface area contributed by atoms with Crippen LogP contribution in [0.25, 0.3) is 0 Å². The lowest BCUT2D eigenvalue weighted by molar-refractivity contribution is -0.143. The highest BCUT2D eigenvalue weighted by atomic mass is 16.8. The van der Waals surface area contributed by atoms with Crippen molar-refractivity contribution in [3.8, 4) is 11.5 Å². The molecular weight excluding hydrogens is 526 g/mol. The van der Waals surface area contributed by atoms with Gasteiger partial charge in [0, 0.05) is 6.54 Å². The van der Waals surface area contributed by atoms with E-state index in [9.17, 15) is 19.2 Å². The SMILES string of the molecule is CCCCCOC(=O)OCCN[C@@H](Cc1ccc(OC(=O)OC(C)(C)C)c(OC(=O)OC(C)(C)C)c1)C(=O)OC. The van der Waals surface area contributed by atoms with Gasteiger partial charge in [-0.05, 0) is 72.1 Å². The van der Waals surface area contributed by atoms with Crippen LogP contribution < -0.4 is 14.8 Å². The molecule has 0 unspecified atom stereocenters. The number of hydrogen-bond donors (Lipinski definition) is 1. The Morgan fingerprint density at radius 3 is 1.93 bits per heavy atom. The van der Waals surface area contributed by atoms with Crippen LogP contribution in [-0.2, 0) is 34.9 Å². The molecule has 0 amide bonds. The molecule has 12 heteroatoms. The molecular formula is C28H43NO11. The highest BCUT2D eigenvalue weighted by molar-refractivity contribution is 5.76. The first-order valence-corrected chi connectivity index (χ1v) is 13.2. The van der Waals surface area contributed by atoms with Crippen molar-refractivity contribution in [1.82, 2.24) is 5.32 Å². The average Bonchev–Trinajstić information content (AvgIpc) is 2.82. The molecule has 0 aliphatic rings. The topological polar surface area (TPSA) is 145 Å². The quantitative estimate of drug-likeness (QED) is 0.142. The van der Waals surface area contributed by atoms with Crippen LogP contribution in [-0.4, -0.2) is 68.5 Å². The maximum Gasteiger partial charge on any atom is 0.514 e. The number of carbonyl (C=O) groups is 4. The number of rotatable bonds is 13. The van der Waals surface area contributed by atoms with Crippen LogP contribution in [0.3, 0.4) is 0 Å². The standard InChI is InChI=1S/C28H43NO11/c1-9-10-11-15-35-24(31)36-16-14-29-20(23(30)34-8)17-19-12-13-21(37-25(32)39-27(2,3)4)22(18-19)38-26(33)40-28(5,6)7/h12-13,18,20,29H,9-11,14-17H2,1-8H3/t20-/m0/s1. The highest BCUT2D eigenvalue weighted by Gasteiger charge is 2.25. The minimum Gasteiger partial charge on any atom is -0.468 e. The molecule has 1 atom stereocenters. The minimum atomic E-state index is -1.01. The Kier molecular flexibility index (Phi) is 14.3. The molecule has 0 fully saturated rings. The van der Waals surface area contributed by atoms with Crippen molar-refractivity contribution in [1.29, 1.82) is 0 Å². The predicted molar refractivity (Wildman–Crippen MR) is 145 cm³/mol. The largest absolute Gasteiger partial charge is 0.514 e. The number of methoxy groups -OCH3 is 1. The monoisotopic (exact) mass is 569 g/mol. The zero-order valence-corrected chi connectivity index (χ0v) is 24.7. The van der Waals surface area contributed by atoms with Crippen molar-refractivity contribution in [2.75, 3.05) is 26.9 Å². The summed E-state index contributed by atoms with van der Waals surface area (Å²) in [4.78, 5) is 48.7. The van der Waals surface area contributed by atoms with Gasteiger partial charge in [0.1, 0.15) is 23.9 Å². The summed E-state index contributed by atoms with van der Waals surface area (Å²) in [6, 6.07) is 3.60. The van der Waals surface area contributed by atoms with Gasteiger partial charge in [-0.3, -0.25) is 4.79 Å². The summed E-state index contributed by atoms with van der Waals surface area (Å²) in [6.07, 6.45) is 0.0325. The molecule has 226 valence electrons. The highest BCUT2D eigenvalue weighted by Crippen LogP contribution is 2.31. The van der Waals surface area contributed by atoms with Gasteiger partial charge in [0.25, 0.3) is 0 Å². The molecule has 0 aromatic heterocycles. The Hall–Kier alpha value is -3.54. The molecule has 0 saturated carbocycles. The number of carbonyl (C=O) groups excluding carboxylic acids is 4. The summed E-state index contributed by atoms with van der Waals surface area (Å²) in [7, 11) is 1.25. The molecule has 0 aliphatic carbocycles. The Morgan fingerprint density at radius 2 is 1.38 bits per heavy atom. The molecule has 1 rings (SSSR count). The zero-order chi connectivity index (χ0) is 30.3. The molecule has 1 aromatic carbocycles. The maximum absolute atomic E-state index is 12.4. The molecule has 40 heavy (non-hydrogen) atoms. The van der Waals surface area contributed by atoms with E-state index >= 15 is 0 Å². The fourth-order valence-electron chi connectivity index (χ4n) is 3.10. The Labute approximate surface area is 235 Å². The van der Waals surface area contributed by atoms with Crippen molar-refractivity contribution >= 4 is 24.4 Å². The van der Waals surface area contributed by atoms with Gasteiger partial charge in [-0.1, -0.05) is 25.8 Å². The molecule has 12 nitrogen and oxygen atoms in total. The van der Waals surface area contributed by atoms with Crippen molar-refractivity contribution in [3.63, 3.8) is 0 Å². The molecule has 0 saturated heterocycles. The Morgan fingerprint density at radius 1 is 0.800 bits per heavy atom. The summed E-state index contributed by atoms with van der Waals surface area (Å²) in [6.45, 7) is 12.5. The number of esters is 1. The summed E-state index contributed by atoms with van der Waals surface area (Å²) >= 11 is 0. The van der Waals surface area contributed by atoms with Crippen molar-refractivity contribution in [3.05, 3.63) is 23.8 Å². The number of hydrogen-bond acceptors (Lipinski definition) is 12. The second kappa shape index (κ2) is 16.5. The predicted octanol–water partition coefficient (Wildman–Crippen LogP) is 5.33. The molecule has 0 aliphatic heterocycles. The molecule has 0 radical (unpaired) electrons. The summed E-state index contributed by atoms with van der Waals surface area (Å²) in [5.74, 6) is -0.765. The smallest absolute Gasteiger partial charge is 0.468 e. The van der Waals surface area contributed by atoms with Gasteiger partial charge in [-0.15, -0.1) is 0 Å². The average molecular weight is 570 g/mol. The fraction of sp³-hybridized carbons (Fsp3) is 0.643. The molecule has 1 N–H and O–H groups in total. The fourth-order valence-corrected chi connectivity index (χ4v) is 3.10. The van der Waals surface area contributed by atoms with E-state index in [0.717, 1.165) is 19.3 Å². The zero-order valence-electron chi connectivity index (χ0n) is 24.7.